The number of carbonyl (C=O) groups excluding carboxylic acids is 1. The molecule has 1 fully saturated rings. The zero-order valence-electron chi connectivity index (χ0n) is 15.9. The first-order valence-corrected chi connectivity index (χ1v) is 10.1. The lowest BCUT2D eigenvalue weighted by molar-refractivity contribution is -0.120. The number of halogens is 2. The third kappa shape index (κ3) is 5.22. The minimum absolute atomic E-state index is 0. The van der Waals surface area contributed by atoms with Gasteiger partial charge in [0.05, 0.1) is 11.6 Å². The zero-order valence-corrected chi connectivity index (χ0v) is 18.4. The number of benzene rings is 2. The largest absolute Gasteiger partial charge is 0.325 e. The number of likely N-dealkylation sites (N-methyl/N-ethyl adjacent to an activating group) is 1. The van der Waals surface area contributed by atoms with Crippen molar-refractivity contribution in [1.82, 2.24) is 9.80 Å². The fourth-order valence-corrected chi connectivity index (χ4v) is 5.03. The highest BCUT2D eigenvalue weighted by Gasteiger charge is 2.35. The van der Waals surface area contributed by atoms with Crippen LogP contribution in [0.1, 0.15) is 10.8 Å². The molecule has 152 valence electrons. The van der Waals surface area contributed by atoms with Gasteiger partial charge in [0.15, 0.2) is 0 Å². The summed E-state index contributed by atoms with van der Waals surface area (Å²) in [5.74, 6) is 0.0634. The lowest BCUT2D eigenvalue weighted by Gasteiger charge is -2.35. The standard InChI is InChI=1S/C21H25N3OS.2ClH/c1-23-11-13-24(14-12-23)15-17-20(16-7-3-2-4-8-16)26-19-10-6-5-9-18(19)22-21(17)25;;/h2-10,17,20H,11-15H2,1H3,(H,22,25);2*1H/t17-,20+;;/m0../s1. The van der Waals surface area contributed by atoms with Crippen LogP contribution in [-0.4, -0.2) is 55.5 Å². The number of rotatable bonds is 3. The topological polar surface area (TPSA) is 35.6 Å². The molecular formula is C21H27Cl2N3OS. The van der Waals surface area contributed by atoms with Gasteiger partial charge in [-0.1, -0.05) is 42.5 Å². The summed E-state index contributed by atoms with van der Waals surface area (Å²) in [7, 11) is 2.16. The fraction of sp³-hybridized carbons (Fsp3) is 0.381. The first-order chi connectivity index (χ1) is 12.7. The molecule has 1 N–H and O–H groups in total. The van der Waals surface area contributed by atoms with Gasteiger partial charge >= 0.3 is 0 Å². The Hall–Kier alpha value is -1.24. The number of hydrogen-bond donors (Lipinski definition) is 1. The van der Waals surface area contributed by atoms with Crippen LogP contribution in [0.3, 0.4) is 0 Å². The molecular weight excluding hydrogens is 413 g/mol. The van der Waals surface area contributed by atoms with Crippen molar-refractivity contribution in [2.75, 3.05) is 45.1 Å². The summed E-state index contributed by atoms with van der Waals surface area (Å²) in [4.78, 5) is 19.1. The second kappa shape index (κ2) is 10.5. The average Bonchev–Trinajstić information content (AvgIpc) is 2.81. The molecule has 0 saturated carbocycles. The third-order valence-corrected chi connectivity index (χ3v) is 6.74. The maximum absolute atomic E-state index is 13.1. The lowest BCUT2D eigenvalue weighted by atomic mass is 9.96. The summed E-state index contributed by atoms with van der Waals surface area (Å²) in [6.45, 7) is 4.99. The van der Waals surface area contributed by atoms with Gasteiger partial charge in [-0.25, -0.2) is 0 Å². The van der Waals surface area contributed by atoms with Crippen molar-refractivity contribution < 1.29 is 4.79 Å². The van der Waals surface area contributed by atoms with Crippen molar-refractivity contribution in [2.24, 2.45) is 5.92 Å². The Bertz CT molecular complexity index is 769. The first-order valence-electron chi connectivity index (χ1n) is 9.23. The second-order valence-corrected chi connectivity index (χ2v) is 8.33. The number of hydrogen-bond acceptors (Lipinski definition) is 4. The highest BCUT2D eigenvalue weighted by molar-refractivity contribution is 7.99. The molecule has 2 atom stereocenters. The normalized spacial score (nSPS) is 22.8. The summed E-state index contributed by atoms with van der Waals surface area (Å²) in [6.07, 6.45) is 0. The van der Waals surface area contributed by atoms with Crippen molar-refractivity contribution >= 4 is 48.2 Å². The molecule has 0 bridgehead atoms. The Morgan fingerprint density at radius 3 is 2.32 bits per heavy atom. The fourth-order valence-electron chi connectivity index (χ4n) is 3.68. The molecule has 2 aromatic rings. The number of nitrogens with zero attached hydrogens (tertiary/aromatic N) is 2. The Morgan fingerprint density at radius 2 is 1.61 bits per heavy atom. The molecule has 2 aromatic carbocycles. The van der Waals surface area contributed by atoms with E-state index in [4.69, 9.17) is 0 Å². The molecule has 0 aromatic heterocycles. The molecule has 0 radical (unpaired) electrons. The SMILES string of the molecule is CN1CCN(C[C@@H]2C(=O)Nc3ccccc3S[C@@H]2c2ccccc2)CC1.Cl.Cl. The van der Waals surface area contributed by atoms with Crippen molar-refractivity contribution in [3.8, 4) is 0 Å². The summed E-state index contributed by atoms with van der Waals surface area (Å²) in [5, 5.41) is 3.30. The van der Waals surface area contributed by atoms with Crippen molar-refractivity contribution in [1.29, 1.82) is 0 Å². The summed E-state index contributed by atoms with van der Waals surface area (Å²) in [6, 6.07) is 18.6. The number of para-hydroxylation sites is 1. The van der Waals surface area contributed by atoms with E-state index in [1.807, 2.05) is 36.0 Å². The van der Waals surface area contributed by atoms with E-state index < -0.39 is 0 Å². The molecule has 7 heteroatoms. The molecule has 1 amide bonds. The van der Waals surface area contributed by atoms with Gasteiger partial charge in [-0.2, -0.15) is 0 Å². The van der Waals surface area contributed by atoms with Gasteiger partial charge in [-0.15, -0.1) is 36.6 Å². The Labute approximate surface area is 183 Å². The van der Waals surface area contributed by atoms with E-state index >= 15 is 0 Å². The molecule has 2 heterocycles. The van der Waals surface area contributed by atoms with Crippen LogP contribution in [0.5, 0.6) is 0 Å². The minimum Gasteiger partial charge on any atom is -0.325 e. The maximum atomic E-state index is 13.1. The van der Waals surface area contributed by atoms with E-state index in [-0.39, 0.29) is 41.9 Å². The Morgan fingerprint density at radius 1 is 0.964 bits per heavy atom. The van der Waals surface area contributed by atoms with Crippen LogP contribution in [0, 0.1) is 5.92 Å². The van der Waals surface area contributed by atoms with Gasteiger partial charge in [0.25, 0.3) is 0 Å². The zero-order chi connectivity index (χ0) is 17.9. The molecule has 2 aliphatic heterocycles. The molecule has 0 spiro atoms. The lowest BCUT2D eigenvalue weighted by Crippen LogP contribution is -2.48. The molecule has 2 aliphatic rings. The van der Waals surface area contributed by atoms with Gasteiger partial charge in [0, 0.05) is 42.9 Å². The van der Waals surface area contributed by atoms with Crippen LogP contribution < -0.4 is 5.32 Å². The van der Waals surface area contributed by atoms with E-state index in [1.54, 1.807) is 0 Å². The molecule has 4 nitrogen and oxygen atoms in total. The molecule has 1 saturated heterocycles. The van der Waals surface area contributed by atoms with Crippen LogP contribution in [0.2, 0.25) is 0 Å². The first kappa shape index (κ1) is 23.0. The predicted octanol–water partition coefficient (Wildman–Crippen LogP) is 4.18. The Balaban J connectivity index is 0.00000140. The Kier molecular flexibility index (Phi) is 8.65. The van der Waals surface area contributed by atoms with Crippen molar-refractivity contribution in [3.63, 3.8) is 0 Å². The average molecular weight is 440 g/mol. The number of anilines is 1. The number of carbonyl (C=O) groups is 1. The third-order valence-electron chi connectivity index (χ3n) is 5.28. The van der Waals surface area contributed by atoms with Gasteiger partial charge < -0.3 is 10.2 Å². The van der Waals surface area contributed by atoms with Crippen LogP contribution in [0.25, 0.3) is 0 Å². The van der Waals surface area contributed by atoms with Gasteiger partial charge in [0.2, 0.25) is 5.91 Å². The van der Waals surface area contributed by atoms with E-state index in [9.17, 15) is 4.79 Å². The molecule has 4 rings (SSSR count). The van der Waals surface area contributed by atoms with Crippen LogP contribution in [0.15, 0.2) is 59.5 Å². The number of nitrogens with one attached hydrogen (secondary N) is 1. The van der Waals surface area contributed by atoms with Crippen LogP contribution in [0.4, 0.5) is 5.69 Å². The number of thioether (sulfide) groups is 1. The van der Waals surface area contributed by atoms with Crippen LogP contribution in [-0.2, 0) is 4.79 Å². The number of fused-ring (bicyclic) bond motifs is 1. The van der Waals surface area contributed by atoms with Crippen molar-refractivity contribution in [2.45, 2.75) is 10.1 Å². The summed E-state index contributed by atoms with van der Waals surface area (Å²) < 4.78 is 0. The highest BCUT2D eigenvalue weighted by atomic mass is 35.5. The van der Waals surface area contributed by atoms with E-state index in [0.717, 1.165) is 43.3 Å². The van der Waals surface area contributed by atoms with Crippen LogP contribution >= 0.6 is 36.6 Å². The molecule has 0 aliphatic carbocycles. The summed E-state index contributed by atoms with van der Waals surface area (Å²) >= 11 is 1.81. The smallest absolute Gasteiger partial charge is 0.230 e. The summed E-state index contributed by atoms with van der Waals surface area (Å²) in [5.41, 5.74) is 2.16. The number of piperazine rings is 1. The van der Waals surface area contributed by atoms with Crippen molar-refractivity contribution in [3.05, 3.63) is 60.2 Å². The van der Waals surface area contributed by atoms with Gasteiger partial charge in [-0.3, -0.25) is 9.69 Å². The molecule has 0 unspecified atom stereocenters. The monoisotopic (exact) mass is 439 g/mol. The quantitative estimate of drug-likeness (QED) is 0.777. The maximum Gasteiger partial charge on any atom is 0.230 e. The molecule has 28 heavy (non-hydrogen) atoms. The second-order valence-electron chi connectivity index (χ2n) is 7.14. The number of amides is 1. The highest BCUT2D eigenvalue weighted by Crippen LogP contribution is 2.46. The van der Waals surface area contributed by atoms with E-state index in [1.165, 1.54) is 5.56 Å². The van der Waals surface area contributed by atoms with Gasteiger partial charge in [0.1, 0.15) is 0 Å². The minimum atomic E-state index is -0.0711. The predicted molar refractivity (Wildman–Crippen MR) is 122 cm³/mol. The van der Waals surface area contributed by atoms with Gasteiger partial charge in [-0.05, 0) is 24.7 Å². The van der Waals surface area contributed by atoms with E-state index in [2.05, 4.69) is 52.5 Å². The van der Waals surface area contributed by atoms with E-state index in [0.29, 0.717) is 0 Å².